The average molecular weight is 544 g/mol. The van der Waals surface area contributed by atoms with Crippen LogP contribution in [0.1, 0.15) is 58.7 Å². The van der Waals surface area contributed by atoms with Gasteiger partial charge >= 0.3 is 6.18 Å². The van der Waals surface area contributed by atoms with Crippen molar-refractivity contribution < 1.29 is 22.7 Å². The van der Waals surface area contributed by atoms with Crippen molar-refractivity contribution in [3.8, 4) is 5.75 Å². The second-order valence-electron chi connectivity index (χ2n) is 9.25. The van der Waals surface area contributed by atoms with Gasteiger partial charge in [-0.3, -0.25) is 9.78 Å². The molecule has 3 heterocycles. The van der Waals surface area contributed by atoms with Gasteiger partial charge in [0.2, 0.25) is 5.91 Å². The quantitative estimate of drug-likeness (QED) is 0.448. The van der Waals surface area contributed by atoms with E-state index >= 15 is 0 Å². The summed E-state index contributed by atoms with van der Waals surface area (Å²) in [6.07, 6.45) is 1.64. The lowest BCUT2D eigenvalue weighted by Crippen LogP contribution is -2.44. The number of likely N-dealkylation sites (N-methyl/N-ethyl adjacent to an activating group) is 1. The third-order valence-corrected chi connectivity index (χ3v) is 6.83. The number of aromatic nitrogens is 2. The number of pyridine rings is 2. The molecule has 0 radical (unpaired) electrons. The Balaban J connectivity index is 0.00000228. The highest BCUT2D eigenvalue weighted by Gasteiger charge is 2.32. The second-order valence-corrected chi connectivity index (χ2v) is 9.25. The van der Waals surface area contributed by atoms with E-state index in [9.17, 15) is 18.0 Å². The number of nitrogens with one attached hydrogen (secondary N) is 2. The smallest absolute Gasteiger partial charge is 0.418 e. The van der Waals surface area contributed by atoms with E-state index in [1.165, 1.54) is 6.20 Å². The van der Waals surface area contributed by atoms with Gasteiger partial charge in [0.1, 0.15) is 17.6 Å². The first kappa shape index (κ1) is 32.3. The van der Waals surface area contributed by atoms with E-state index in [1.54, 1.807) is 0 Å². The zero-order chi connectivity index (χ0) is 24.5. The summed E-state index contributed by atoms with van der Waals surface area (Å²) in [6, 6.07) is 2.73. The van der Waals surface area contributed by atoms with Crippen LogP contribution in [0.3, 0.4) is 0 Å². The van der Waals surface area contributed by atoms with Crippen LogP contribution in [0.4, 0.5) is 30.4 Å². The highest BCUT2D eigenvalue weighted by molar-refractivity contribution is 7.59. The third-order valence-electron chi connectivity index (χ3n) is 6.83. The highest BCUT2D eigenvalue weighted by atomic mass is 32.1. The summed E-state index contributed by atoms with van der Waals surface area (Å²) in [5, 5.41) is 6.39. The van der Waals surface area contributed by atoms with Crippen LogP contribution in [-0.4, -0.2) is 42.1 Å². The van der Waals surface area contributed by atoms with Gasteiger partial charge in [0.15, 0.2) is 0 Å². The summed E-state index contributed by atoms with van der Waals surface area (Å²) in [5.41, 5.74) is 1.69. The fraction of sp³-hybridized carbons (Fsp3) is 0.577. The summed E-state index contributed by atoms with van der Waals surface area (Å²) in [5.74, 6) is 1.71. The summed E-state index contributed by atoms with van der Waals surface area (Å²) in [6.45, 7) is 4.94. The number of ether oxygens (including phenoxy) is 1. The van der Waals surface area contributed by atoms with Crippen molar-refractivity contribution in [2.24, 2.45) is 11.8 Å². The third kappa shape index (κ3) is 7.66. The molecule has 2 aromatic heterocycles. The SMILES string of the molecule is C.C.Cc1nc(NCC2CCC(COc3cncc(C(F)(F)F)c3)CC2)cc2c1NC(=O)[C@H](C)N2C.S. The van der Waals surface area contributed by atoms with Crippen molar-refractivity contribution >= 4 is 36.6 Å². The molecule has 0 bridgehead atoms. The molecule has 7 nitrogen and oxygen atoms in total. The van der Waals surface area contributed by atoms with Gasteiger partial charge in [0, 0.05) is 25.9 Å². The van der Waals surface area contributed by atoms with E-state index in [4.69, 9.17) is 4.74 Å². The van der Waals surface area contributed by atoms with Crippen LogP contribution in [0.25, 0.3) is 0 Å². The molecule has 1 saturated carbocycles. The lowest BCUT2D eigenvalue weighted by atomic mass is 9.82. The van der Waals surface area contributed by atoms with Crippen molar-refractivity contribution in [3.05, 3.63) is 35.8 Å². The first-order valence-electron chi connectivity index (χ1n) is 11.6. The van der Waals surface area contributed by atoms with Crippen LogP contribution in [-0.2, 0) is 11.0 Å². The number of anilines is 3. The largest absolute Gasteiger partial charge is 0.492 e. The summed E-state index contributed by atoms with van der Waals surface area (Å²) < 4.78 is 44.1. The molecule has 0 saturated heterocycles. The first-order chi connectivity index (χ1) is 16.1. The lowest BCUT2D eigenvalue weighted by Gasteiger charge is -2.34. The zero-order valence-electron chi connectivity index (χ0n) is 20.1. The molecule has 1 amide bonds. The van der Waals surface area contributed by atoms with Crippen molar-refractivity contribution in [2.75, 3.05) is 35.7 Å². The van der Waals surface area contributed by atoms with E-state index in [1.807, 2.05) is 31.9 Å². The topological polar surface area (TPSA) is 79.4 Å². The highest BCUT2D eigenvalue weighted by Crippen LogP contribution is 2.36. The predicted octanol–water partition coefficient (Wildman–Crippen LogP) is 6.26. The van der Waals surface area contributed by atoms with Gasteiger partial charge in [-0.15, -0.1) is 0 Å². The molecule has 0 spiro atoms. The van der Waals surface area contributed by atoms with Crippen molar-refractivity contribution in [2.45, 2.75) is 66.6 Å². The molecule has 0 aromatic carbocycles. The fourth-order valence-electron chi connectivity index (χ4n) is 4.51. The lowest BCUT2D eigenvalue weighted by molar-refractivity contribution is -0.138. The van der Waals surface area contributed by atoms with Crippen LogP contribution in [0, 0.1) is 18.8 Å². The van der Waals surface area contributed by atoms with E-state index in [0.717, 1.165) is 67.4 Å². The molecule has 37 heavy (non-hydrogen) atoms. The van der Waals surface area contributed by atoms with Gasteiger partial charge in [-0.1, -0.05) is 14.9 Å². The standard InChI is InChI=1S/C24H30F3N5O2.2CH4.H2S/c1-14-22-20(32(3)15(2)23(33)31-22)9-21(30-14)29-10-16-4-6-17(7-5-16)13-34-19-8-18(11-28-12-19)24(25,26)27;;;/h8-9,11-12,15-17H,4-7,10,13H2,1-3H3,(H,29,30)(H,31,33);2*1H4;1H2/t15-,16?,17?;;;/m0.../s1. The Bertz CT molecular complexity index is 1050. The van der Waals surface area contributed by atoms with E-state index in [0.29, 0.717) is 18.4 Å². The van der Waals surface area contributed by atoms with Gasteiger partial charge in [0.25, 0.3) is 0 Å². The molecular weight excluding hydrogens is 503 g/mol. The van der Waals surface area contributed by atoms with Gasteiger partial charge in [0.05, 0.1) is 35.4 Å². The number of aryl methyl sites for hydroxylation is 1. The minimum Gasteiger partial charge on any atom is -0.492 e. The Kier molecular flexibility index (Phi) is 11.5. The van der Waals surface area contributed by atoms with Gasteiger partial charge in [-0.25, -0.2) is 4.98 Å². The maximum absolute atomic E-state index is 12.8. The molecule has 1 aliphatic heterocycles. The number of fused-ring (bicyclic) bond motifs is 1. The van der Waals surface area contributed by atoms with Crippen LogP contribution in [0.15, 0.2) is 24.5 Å². The number of alkyl halides is 3. The van der Waals surface area contributed by atoms with E-state index in [-0.39, 0.29) is 46.0 Å². The monoisotopic (exact) mass is 543 g/mol. The minimum absolute atomic E-state index is 0. The molecule has 1 atom stereocenters. The second kappa shape index (κ2) is 13.2. The Hall–Kier alpha value is -2.69. The number of halogens is 3. The first-order valence-corrected chi connectivity index (χ1v) is 11.6. The Morgan fingerprint density at radius 3 is 2.43 bits per heavy atom. The number of hydrogen-bond acceptors (Lipinski definition) is 6. The average Bonchev–Trinajstić information content (AvgIpc) is 2.81. The van der Waals surface area contributed by atoms with E-state index in [2.05, 4.69) is 20.6 Å². The van der Waals surface area contributed by atoms with Crippen LogP contribution < -0.4 is 20.3 Å². The maximum atomic E-state index is 12.8. The Morgan fingerprint density at radius 1 is 1.14 bits per heavy atom. The number of amides is 1. The molecule has 4 rings (SSSR count). The molecule has 1 fully saturated rings. The molecule has 11 heteroatoms. The van der Waals surface area contributed by atoms with Crippen LogP contribution in [0.2, 0.25) is 0 Å². The minimum atomic E-state index is -4.43. The summed E-state index contributed by atoms with van der Waals surface area (Å²) in [7, 11) is 1.91. The van der Waals surface area contributed by atoms with Crippen molar-refractivity contribution in [3.63, 3.8) is 0 Å². The fourth-order valence-corrected chi connectivity index (χ4v) is 4.51. The number of nitrogens with zero attached hydrogens (tertiary/aromatic N) is 3. The molecule has 1 aliphatic carbocycles. The Labute approximate surface area is 225 Å². The van der Waals surface area contributed by atoms with Gasteiger partial charge in [-0.05, 0) is 57.4 Å². The molecule has 208 valence electrons. The van der Waals surface area contributed by atoms with Crippen LogP contribution >= 0.6 is 13.5 Å². The zero-order valence-corrected chi connectivity index (χ0v) is 21.1. The van der Waals surface area contributed by atoms with Gasteiger partial charge < -0.3 is 20.3 Å². The number of rotatable bonds is 6. The van der Waals surface area contributed by atoms with Gasteiger partial charge in [-0.2, -0.15) is 26.7 Å². The summed E-state index contributed by atoms with van der Waals surface area (Å²) in [4.78, 5) is 22.3. The normalized spacial score (nSPS) is 20.9. The van der Waals surface area contributed by atoms with Crippen molar-refractivity contribution in [1.29, 1.82) is 0 Å². The Morgan fingerprint density at radius 2 is 1.78 bits per heavy atom. The number of carbonyl (C=O) groups excluding carboxylic acids is 1. The maximum Gasteiger partial charge on any atom is 0.418 e. The van der Waals surface area contributed by atoms with Crippen molar-refractivity contribution in [1.82, 2.24) is 9.97 Å². The molecule has 2 aliphatic rings. The van der Waals surface area contributed by atoms with E-state index < -0.39 is 11.7 Å². The molecule has 2 aromatic rings. The van der Waals surface area contributed by atoms with Crippen LogP contribution in [0.5, 0.6) is 5.75 Å². The number of hydrogen-bond donors (Lipinski definition) is 2. The molecule has 0 unspecified atom stereocenters. The molecular formula is C26H40F3N5O2S. The summed E-state index contributed by atoms with van der Waals surface area (Å²) >= 11 is 0. The number of carbonyl (C=O) groups is 1. The molecule has 2 N–H and O–H groups in total. The predicted molar refractivity (Wildman–Crippen MR) is 148 cm³/mol.